The van der Waals surface area contributed by atoms with Crippen molar-refractivity contribution in [3.8, 4) is 5.69 Å². The molecule has 0 spiro atoms. The lowest BCUT2D eigenvalue weighted by Gasteiger charge is -2.31. The second-order valence-corrected chi connectivity index (χ2v) is 7.93. The third kappa shape index (κ3) is 3.77. The number of nitrogens with zero attached hydrogens (tertiary/aromatic N) is 3. The van der Waals surface area contributed by atoms with Crippen molar-refractivity contribution in [2.75, 3.05) is 12.8 Å². The van der Waals surface area contributed by atoms with Crippen molar-refractivity contribution >= 4 is 17.9 Å². The predicted octanol–water partition coefficient (Wildman–Crippen LogP) is 3.25. The van der Waals surface area contributed by atoms with E-state index in [1.165, 1.54) is 11.8 Å². The van der Waals surface area contributed by atoms with E-state index in [9.17, 15) is 9.59 Å². The SMILES string of the molecule is CSc1nc2c(c(=O)n1-c1ccccc1)CN(C(=O)OC(C)(C)C)CC2. The average molecular weight is 373 g/mol. The molecule has 0 saturated carbocycles. The summed E-state index contributed by atoms with van der Waals surface area (Å²) in [6.45, 7) is 6.21. The number of fused-ring (bicyclic) bond motifs is 1. The maximum atomic E-state index is 13.2. The number of hydrogen-bond acceptors (Lipinski definition) is 5. The van der Waals surface area contributed by atoms with Gasteiger partial charge in [-0.2, -0.15) is 0 Å². The van der Waals surface area contributed by atoms with E-state index in [4.69, 9.17) is 4.74 Å². The number of thioether (sulfide) groups is 1. The van der Waals surface area contributed by atoms with Gasteiger partial charge < -0.3 is 9.64 Å². The van der Waals surface area contributed by atoms with Gasteiger partial charge in [0.15, 0.2) is 5.16 Å². The minimum Gasteiger partial charge on any atom is -0.444 e. The number of rotatable bonds is 2. The lowest BCUT2D eigenvalue weighted by Crippen LogP contribution is -2.43. The molecule has 1 aliphatic rings. The van der Waals surface area contributed by atoms with Gasteiger partial charge in [-0.05, 0) is 39.2 Å². The van der Waals surface area contributed by atoms with Gasteiger partial charge in [0.05, 0.1) is 23.5 Å². The summed E-state index contributed by atoms with van der Waals surface area (Å²) in [4.78, 5) is 31.8. The largest absolute Gasteiger partial charge is 0.444 e. The molecule has 138 valence electrons. The zero-order valence-corrected chi connectivity index (χ0v) is 16.3. The Morgan fingerprint density at radius 3 is 2.54 bits per heavy atom. The van der Waals surface area contributed by atoms with Crippen LogP contribution in [-0.2, 0) is 17.7 Å². The second-order valence-electron chi connectivity index (χ2n) is 7.15. The quantitative estimate of drug-likeness (QED) is 0.597. The standard InChI is InChI=1S/C19H23N3O3S/c1-19(2,3)25-18(24)21-11-10-15-14(12-21)16(23)22(17(20-15)26-4)13-8-6-5-7-9-13/h5-9H,10-12H2,1-4H3. The maximum Gasteiger partial charge on any atom is 0.410 e. The van der Waals surface area contributed by atoms with E-state index in [1.54, 1.807) is 9.47 Å². The van der Waals surface area contributed by atoms with E-state index in [0.29, 0.717) is 23.7 Å². The molecule has 0 N–H and O–H groups in total. The highest BCUT2D eigenvalue weighted by molar-refractivity contribution is 7.98. The number of amides is 1. The van der Waals surface area contributed by atoms with Crippen molar-refractivity contribution in [1.82, 2.24) is 14.5 Å². The maximum absolute atomic E-state index is 13.2. The van der Waals surface area contributed by atoms with Gasteiger partial charge in [-0.1, -0.05) is 30.0 Å². The first-order valence-electron chi connectivity index (χ1n) is 8.52. The fourth-order valence-electron chi connectivity index (χ4n) is 2.88. The Labute approximate surface area is 157 Å². The highest BCUT2D eigenvalue weighted by Gasteiger charge is 2.29. The van der Waals surface area contributed by atoms with Crippen LogP contribution in [0, 0.1) is 0 Å². The van der Waals surface area contributed by atoms with Crippen LogP contribution >= 0.6 is 11.8 Å². The Morgan fingerprint density at radius 2 is 1.92 bits per heavy atom. The van der Waals surface area contributed by atoms with Crippen molar-refractivity contribution in [3.05, 3.63) is 51.9 Å². The molecule has 0 atom stereocenters. The van der Waals surface area contributed by atoms with Gasteiger partial charge in [0.25, 0.3) is 5.56 Å². The first-order chi connectivity index (χ1) is 12.3. The van der Waals surface area contributed by atoms with Gasteiger partial charge in [-0.25, -0.2) is 9.78 Å². The van der Waals surface area contributed by atoms with Gasteiger partial charge in [0, 0.05) is 13.0 Å². The van der Waals surface area contributed by atoms with Crippen LogP contribution in [0.2, 0.25) is 0 Å². The molecule has 1 aromatic carbocycles. The number of ether oxygens (including phenoxy) is 1. The van der Waals surface area contributed by atoms with Crippen molar-refractivity contribution in [1.29, 1.82) is 0 Å². The molecular formula is C19H23N3O3S. The molecule has 6 nitrogen and oxygen atoms in total. The van der Waals surface area contributed by atoms with E-state index in [1.807, 2.05) is 57.4 Å². The van der Waals surface area contributed by atoms with Crippen molar-refractivity contribution in [3.63, 3.8) is 0 Å². The van der Waals surface area contributed by atoms with Crippen molar-refractivity contribution < 1.29 is 9.53 Å². The molecule has 0 saturated heterocycles. The smallest absolute Gasteiger partial charge is 0.410 e. The molecule has 0 unspecified atom stereocenters. The number of para-hydroxylation sites is 1. The van der Waals surface area contributed by atoms with Crippen LogP contribution in [0.15, 0.2) is 40.3 Å². The molecule has 0 aliphatic carbocycles. The molecule has 0 bridgehead atoms. The number of benzene rings is 1. The summed E-state index contributed by atoms with van der Waals surface area (Å²) in [7, 11) is 0. The fourth-order valence-corrected chi connectivity index (χ4v) is 3.45. The van der Waals surface area contributed by atoms with Gasteiger partial charge >= 0.3 is 6.09 Å². The van der Waals surface area contributed by atoms with Crippen LogP contribution < -0.4 is 5.56 Å². The zero-order chi connectivity index (χ0) is 18.9. The lowest BCUT2D eigenvalue weighted by atomic mass is 10.1. The topological polar surface area (TPSA) is 64.4 Å². The molecule has 1 aliphatic heterocycles. The van der Waals surface area contributed by atoms with E-state index in [-0.39, 0.29) is 12.1 Å². The molecule has 26 heavy (non-hydrogen) atoms. The third-order valence-electron chi connectivity index (χ3n) is 4.05. The summed E-state index contributed by atoms with van der Waals surface area (Å²) >= 11 is 1.44. The Morgan fingerprint density at radius 1 is 1.23 bits per heavy atom. The molecule has 3 rings (SSSR count). The number of carbonyl (C=O) groups excluding carboxylic acids is 1. The Bertz CT molecular complexity index is 872. The predicted molar refractivity (Wildman–Crippen MR) is 102 cm³/mol. The number of aromatic nitrogens is 2. The summed E-state index contributed by atoms with van der Waals surface area (Å²) in [5, 5.41) is 0.658. The number of hydrogen-bond donors (Lipinski definition) is 0. The molecule has 1 aromatic heterocycles. The summed E-state index contributed by atoms with van der Waals surface area (Å²) in [6.07, 6.45) is 2.05. The monoisotopic (exact) mass is 373 g/mol. The van der Waals surface area contributed by atoms with Gasteiger partial charge in [0.1, 0.15) is 5.60 Å². The van der Waals surface area contributed by atoms with E-state index < -0.39 is 11.7 Å². The fraction of sp³-hybridized carbons (Fsp3) is 0.421. The molecular weight excluding hydrogens is 350 g/mol. The zero-order valence-electron chi connectivity index (χ0n) is 15.5. The Balaban J connectivity index is 2.00. The molecule has 2 aromatic rings. The van der Waals surface area contributed by atoms with Gasteiger partial charge in [0.2, 0.25) is 0 Å². The minimum atomic E-state index is -0.567. The van der Waals surface area contributed by atoms with Crippen LogP contribution in [0.25, 0.3) is 5.69 Å². The summed E-state index contributed by atoms with van der Waals surface area (Å²) in [5.74, 6) is 0. The Kier molecular flexibility index (Phi) is 5.09. The number of carbonyl (C=O) groups is 1. The highest BCUT2D eigenvalue weighted by atomic mass is 32.2. The van der Waals surface area contributed by atoms with E-state index in [2.05, 4.69) is 4.98 Å². The van der Waals surface area contributed by atoms with Crippen molar-refractivity contribution in [2.45, 2.75) is 44.5 Å². The highest BCUT2D eigenvalue weighted by Crippen LogP contribution is 2.22. The molecule has 0 radical (unpaired) electrons. The second kappa shape index (κ2) is 7.15. The average Bonchev–Trinajstić information content (AvgIpc) is 2.60. The normalized spacial score (nSPS) is 14.1. The van der Waals surface area contributed by atoms with Crippen molar-refractivity contribution in [2.24, 2.45) is 0 Å². The molecule has 7 heteroatoms. The van der Waals surface area contributed by atoms with Crippen LogP contribution in [0.1, 0.15) is 32.0 Å². The van der Waals surface area contributed by atoms with E-state index >= 15 is 0 Å². The van der Waals surface area contributed by atoms with Crippen LogP contribution in [0.4, 0.5) is 4.79 Å². The molecule has 0 fully saturated rings. The first kappa shape index (κ1) is 18.5. The molecule has 2 heterocycles. The summed E-state index contributed by atoms with van der Waals surface area (Å²) < 4.78 is 7.06. The molecule has 1 amide bonds. The van der Waals surface area contributed by atoms with Crippen LogP contribution in [-0.4, -0.2) is 38.9 Å². The van der Waals surface area contributed by atoms with Gasteiger partial charge in [-0.3, -0.25) is 9.36 Å². The minimum absolute atomic E-state index is 0.126. The Hall–Kier alpha value is -2.28. The summed E-state index contributed by atoms with van der Waals surface area (Å²) in [6, 6.07) is 9.44. The first-order valence-corrected chi connectivity index (χ1v) is 9.75. The summed E-state index contributed by atoms with van der Waals surface area (Å²) in [5.41, 5.74) is 1.41. The van der Waals surface area contributed by atoms with Crippen LogP contribution in [0.3, 0.4) is 0 Å². The van der Waals surface area contributed by atoms with Crippen LogP contribution in [0.5, 0.6) is 0 Å². The van der Waals surface area contributed by atoms with E-state index in [0.717, 1.165) is 11.4 Å². The van der Waals surface area contributed by atoms with Gasteiger partial charge in [-0.15, -0.1) is 0 Å². The lowest BCUT2D eigenvalue weighted by molar-refractivity contribution is 0.0221. The third-order valence-corrected chi connectivity index (χ3v) is 4.69.